The number of benzene rings is 2. The van der Waals surface area contributed by atoms with Gasteiger partial charge in [-0.05, 0) is 86.7 Å². The predicted molar refractivity (Wildman–Crippen MR) is 87.4 cm³/mol. The number of rotatable bonds is 3. The van der Waals surface area contributed by atoms with E-state index in [4.69, 9.17) is 0 Å². The van der Waals surface area contributed by atoms with Crippen molar-refractivity contribution in [3.05, 3.63) is 69.0 Å². The smallest absolute Gasteiger partial charge is 0.126 e. The lowest BCUT2D eigenvalue weighted by molar-refractivity contribution is 0.607. The molecule has 0 radical (unpaired) electrons. The zero-order chi connectivity index (χ0) is 15.7. The Morgan fingerprint density at radius 2 is 1.43 bits per heavy atom. The number of hydrogen-bond acceptors (Lipinski definition) is 1. The summed E-state index contributed by atoms with van der Waals surface area (Å²) in [7, 11) is 1.93. The molecule has 1 atom stereocenters. The van der Waals surface area contributed by atoms with Gasteiger partial charge < -0.3 is 5.32 Å². The Morgan fingerprint density at radius 1 is 0.857 bits per heavy atom. The van der Waals surface area contributed by atoms with E-state index in [0.29, 0.717) is 5.56 Å². The normalized spacial score (nSPS) is 12.5. The molecule has 0 spiro atoms. The topological polar surface area (TPSA) is 12.0 Å². The van der Waals surface area contributed by atoms with Crippen molar-refractivity contribution in [2.24, 2.45) is 0 Å². The van der Waals surface area contributed by atoms with E-state index in [0.717, 1.165) is 5.56 Å². The number of nitrogens with one attached hydrogen (secondary N) is 1. The van der Waals surface area contributed by atoms with Gasteiger partial charge in [0.05, 0.1) is 6.04 Å². The highest BCUT2D eigenvalue weighted by molar-refractivity contribution is 5.49. The fraction of sp³-hybridized carbons (Fsp3) is 0.368. The highest BCUT2D eigenvalue weighted by atomic mass is 19.1. The van der Waals surface area contributed by atoms with E-state index in [1.807, 2.05) is 19.2 Å². The largest absolute Gasteiger partial charge is 0.309 e. The summed E-state index contributed by atoms with van der Waals surface area (Å²) in [6.45, 7) is 10.3. The molecular formula is C19H24FN. The number of hydrogen-bond donors (Lipinski definition) is 1. The van der Waals surface area contributed by atoms with E-state index < -0.39 is 0 Å². The van der Waals surface area contributed by atoms with Gasteiger partial charge >= 0.3 is 0 Å². The molecule has 0 fully saturated rings. The molecule has 0 aliphatic carbocycles. The van der Waals surface area contributed by atoms with Gasteiger partial charge in [0, 0.05) is 0 Å². The Kier molecular flexibility index (Phi) is 4.48. The minimum atomic E-state index is -0.146. The first-order chi connectivity index (χ1) is 9.86. The summed E-state index contributed by atoms with van der Waals surface area (Å²) in [4.78, 5) is 0. The van der Waals surface area contributed by atoms with Crippen LogP contribution in [0.5, 0.6) is 0 Å². The van der Waals surface area contributed by atoms with E-state index in [2.05, 4.69) is 39.1 Å². The Hall–Kier alpha value is -1.67. The van der Waals surface area contributed by atoms with Crippen LogP contribution < -0.4 is 5.32 Å². The molecule has 0 saturated carbocycles. The third kappa shape index (κ3) is 2.86. The summed E-state index contributed by atoms with van der Waals surface area (Å²) < 4.78 is 13.9. The summed E-state index contributed by atoms with van der Waals surface area (Å²) in [5.41, 5.74) is 8.02. The summed E-state index contributed by atoms with van der Waals surface area (Å²) in [6.07, 6.45) is 0. The van der Waals surface area contributed by atoms with Crippen molar-refractivity contribution in [3.63, 3.8) is 0 Å². The van der Waals surface area contributed by atoms with Gasteiger partial charge in [0.2, 0.25) is 0 Å². The van der Waals surface area contributed by atoms with Crippen molar-refractivity contribution in [1.29, 1.82) is 0 Å². The van der Waals surface area contributed by atoms with Crippen molar-refractivity contribution in [2.45, 2.75) is 40.7 Å². The summed E-state index contributed by atoms with van der Waals surface area (Å²) in [6, 6.07) is 7.74. The minimum Gasteiger partial charge on any atom is -0.309 e. The van der Waals surface area contributed by atoms with Gasteiger partial charge in [0.15, 0.2) is 0 Å². The Balaban J connectivity index is 2.64. The molecule has 21 heavy (non-hydrogen) atoms. The Labute approximate surface area is 127 Å². The third-order valence-corrected chi connectivity index (χ3v) is 4.53. The SMILES string of the molecule is CNC(c1ccc(C)c(F)c1)c1c(C)c(C)cc(C)c1C. The molecule has 1 nitrogen and oxygen atoms in total. The Morgan fingerprint density at radius 3 is 1.90 bits per heavy atom. The zero-order valence-corrected chi connectivity index (χ0v) is 13.8. The van der Waals surface area contributed by atoms with Gasteiger partial charge in [-0.1, -0.05) is 18.2 Å². The summed E-state index contributed by atoms with van der Waals surface area (Å²) >= 11 is 0. The minimum absolute atomic E-state index is 0.0127. The molecule has 0 saturated heterocycles. The van der Waals surface area contributed by atoms with Crippen LogP contribution in [-0.2, 0) is 0 Å². The van der Waals surface area contributed by atoms with E-state index >= 15 is 0 Å². The maximum atomic E-state index is 13.9. The molecule has 2 aromatic rings. The predicted octanol–water partition coefficient (Wildman–Crippen LogP) is 4.68. The van der Waals surface area contributed by atoms with Crippen LogP contribution in [0.4, 0.5) is 4.39 Å². The van der Waals surface area contributed by atoms with Crippen LogP contribution >= 0.6 is 0 Å². The van der Waals surface area contributed by atoms with Crippen LogP contribution in [0.25, 0.3) is 0 Å². The van der Waals surface area contributed by atoms with E-state index in [9.17, 15) is 4.39 Å². The third-order valence-electron chi connectivity index (χ3n) is 4.53. The van der Waals surface area contributed by atoms with Crippen LogP contribution in [0.3, 0.4) is 0 Å². The molecule has 0 bridgehead atoms. The highest BCUT2D eigenvalue weighted by Gasteiger charge is 2.19. The van der Waals surface area contributed by atoms with E-state index in [1.165, 1.54) is 27.8 Å². The lowest BCUT2D eigenvalue weighted by Crippen LogP contribution is -2.21. The molecule has 2 heteroatoms. The second-order valence-electron chi connectivity index (χ2n) is 5.90. The molecule has 1 unspecified atom stereocenters. The molecule has 0 aliphatic rings. The van der Waals surface area contributed by atoms with Gasteiger partial charge in [0.25, 0.3) is 0 Å². The van der Waals surface area contributed by atoms with Gasteiger partial charge in [-0.25, -0.2) is 4.39 Å². The van der Waals surface area contributed by atoms with Crippen molar-refractivity contribution in [2.75, 3.05) is 7.05 Å². The van der Waals surface area contributed by atoms with Gasteiger partial charge in [-0.15, -0.1) is 0 Å². The molecule has 1 N–H and O–H groups in total. The zero-order valence-electron chi connectivity index (χ0n) is 13.8. The molecule has 0 aliphatic heterocycles. The van der Waals surface area contributed by atoms with Crippen molar-refractivity contribution < 1.29 is 4.39 Å². The average Bonchev–Trinajstić information content (AvgIpc) is 2.44. The number of halogens is 1. The average molecular weight is 285 g/mol. The first kappa shape index (κ1) is 15.7. The molecule has 0 amide bonds. The van der Waals surface area contributed by atoms with Crippen molar-refractivity contribution >= 4 is 0 Å². The van der Waals surface area contributed by atoms with Gasteiger partial charge in [0.1, 0.15) is 5.82 Å². The first-order valence-corrected chi connectivity index (χ1v) is 7.37. The van der Waals surface area contributed by atoms with Crippen LogP contribution in [0.2, 0.25) is 0 Å². The maximum Gasteiger partial charge on any atom is 0.126 e. The fourth-order valence-corrected chi connectivity index (χ4v) is 2.95. The molecule has 112 valence electrons. The number of aryl methyl sites for hydroxylation is 3. The van der Waals surface area contributed by atoms with Gasteiger partial charge in [-0.3, -0.25) is 0 Å². The monoisotopic (exact) mass is 285 g/mol. The lowest BCUT2D eigenvalue weighted by atomic mass is 9.86. The van der Waals surface area contributed by atoms with E-state index in [1.54, 1.807) is 13.0 Å². The fourth-order valence-electron chi connectivity index (χ4n) is 2.95. The van der Waals surface area contributed by atoms with Crippen molar-refractivity contribution in [1.82, 2.24) is 5.32 Å². The molecule has 0 aromatic heterocycles. The maximum absolute atomic E-state index is 13.9. The molecule has 2 rings (SSSR count). The molecular weight excluding hydrogens is 261 g/mol. The van der Waals surface area contributed by atoms with Crippen LogP contribution in [-0.4, -0.2) is 7.05 Å². The lowest BCUT2D eigenvalue weighted by Gasteiger charge is -2.24. The quantitative estimate of drug-likeness (QED) is 0.863. The van der Waals surface area contributed by atoms with Gasteiger partial charge in [-0.2, -0.15) is 0 Å². The van der Waals surface area contributed by atoms with Crippen molar-refractivity contribution in [3.8, 4) is 0 Å². The highest BCUT2D eigenvalue weighted by Crippen LogP contribution is 2.31. The van der Waals surface area contributed by atoms with Crippen LogP contribution in [0.1, 0.15) is 45.0 Å². The summed E-state index contributed by atoms with van der Waals surface area (Å²) in [5, 5.41) is 3.35. The van der Waals surface area contributed by atoms with Crippen LogP contribution in [0, 0.1) is 40.4 Å². The van der Waals surface area contributed by atoms with Crippen LogP contribution in [0.15, 0.2) is 24.3 Å². The van der Waals surface area contributed by atoms with E-state index in [-0.39, 0.29) is 11.9 Å². The summed E-state index contributed by atoms with van der Waals surface area (Å²) in [5.74, 6) is -0.146. The Bertz CT molecular complexity index is 648. The molecule has 0 heterocycles. The second-order valence-corrected chi connectivity index (χ2v) is 5.90. The first-order valence-electron chi connectivity index (χ1n) is 7.37. The standard InChI is InChI=1S/C19H24FN/c1-11-7-8-16(10-17(11)20)19(21-6)18-14(4)12(2)9-13(3)15(18)5/h7-10,19,21H,1-6H3. The second kappa shape index (κ2) is 5.98. The molecule has 2 aromatic carbocycles.